The lowest BCUT2D eigenvalue weighted by Crippen LogP contribution is -2.32. The van der Waals surface area contributed by atoms with Crippen LogP contribution in [0.1, 0.15) is 35.6 Å². The monoisotopic (exact) mass is 299 g/mol. The van der Waals surface area contributed by atoms with E-state index in [0.717, 1.165) is 24.8 Å². The van der Waals surface area contributed by atoms with Crippen LogP contribution in [0, 0.1) is 0 Å². The maximum atomic E-state index is 12.2. The first kappa shape index (κ1) is 14.2. The summed E-state index contributed by atoms with van der Waals surface area (Å²) >= 11 is 5.96. The number of carbonyl (C=O) groups excluding carboxylic acids is 1. The zero-order chi connectivity index (χ0) is 14.7. The lowest BCUT2D eigenvalue weighted by molar-refractivity contribution is -0.121. The van der Waals surface area contributed by atoms with Gasteiger partial charge in [0.2, 0.25) is 5.91 Å². The van der Waals surface area contributed by atoms with Crippen molar-refractivity contribution in [3.8, 4) is 0 Å². The fraction of sp³-hybridized carbons (Fsp3) is 0.278. The van der Waals surface area contributed by atoms with Gasteiger partial charge < -0.3 is 5.32 Å². The first-order valence-corrected chi connectivity index (χ1v) is 7.72. The number of fused-ring (bicyclic) bond motifs is 1. The van der Waals surface area contributed by atoms with Crippen LogP contribution in [0.3, 0.4) is 0 Å². The minimum atomic E-state index is 0.0546. The second-order valence-electron chi connectivity index (χ2n) is 5.52. The largest absolute Gasteiger partial charge is 0.349 e. The molecule has 0 spiro atoms. The highest BCUT2D eigenvalue weighted by Crippen LogP contribution is 2.29. The zero-order valence-electron chi connectivity index (χ0n) is 11.8. The Morgan fingerprint density at radius 1 is 1.19 bits per heavy atom. The van der Waals surface area contributed by atoms with Crippen LogP contribution in [0.25, 0.3) is 0 Å². The molecule has 0 radical (unpaired) electrons. The summed E-state index contributed by atoms with van der Waals surface area (Å²) in [6, 6.07) is 16.0. The molecule has 3 rings (SSSR count). The topological polar surface area (TPSA) is 29.1 Å². The first-order valence-electron chi connectivity index (χ1n) is 7.34. The molecular weight excluding hydrogens is 282 g/mol. The second-order valence-corrected chi connectivity index (χ2v) is 5.95. The Labute approximate surface area is 130 Å². The Bertz CT molecular complexity index is 653. The maximum absolute atomic E-state index is 12.2. The van der Waals surface area contributed by atoms with E-state index in [1.807, 2.05) is 30.3 Å². The van der Waals surface area contributed by atoms with Crippen LogP contribution >= 0.6 is 11.6 Å². The number of nitrogens with one attached hydrogen (secondary N) is 1. The number of halogens is 1. The van der Waals surface area contributed by atoms with E-state index >= 15 is 0 Å². The lowest BCUT2D eigenvalue weighted by Gasteiger charge is -2.26. The number of carbonyl (C=O) groups is 1. The van der Waals surface area contributed by atoms with Gasteiger partial charge in [0.05, 0.1) is 12.5 Å². The number of aryl methyl sites for hydroxylation is 1. The van der Waals surface area contributed by atoms with Crippen LogP contribution < -0.4 is 5.32 Å². The van der Waals surface area contributed by atoms with Crippen LogP contribution in [-0.2, 0) is 17.6 Å². The number of hydrogen-bond donors (Lipinski definition) is 1. The van der Waals surface area contributed by atoms with E-state index in [4.69, 9.17) is 11.6 Å². The number of benzene rings is 2. The summed E-state index contributed by atoms with van der Waals surface area (Å²) in [6.45, 7) is 0. The minimum absolute atomic E-state index is 0.0546. The highest BCUT2D eigenvalue weighted by Gasteiger charge is 2.21. The fourth-order valence-electron chi connectivity index (χ4n) is 2.98. The van der Waals surface area contributed by atoms with E-state index in [1.165, 1.54) is 11.1 Å². The molecule has 0 aromatic heterocycles. The summed E-state index contributed by atoms with van der Waals surface area (Å²) in [5.41, 5.74) is 3.57. The summed E-state index contributed by atoms with van der Waals surface area (Å²) in [7, 11) is 0. The molecule has 0 saturated carbocycles. The Balaban J connectivity index is 1.68. The van der Waals surface area contributed by atoms with Crippen LogP contribution in [0.4, 0.5) is 0 Å². The third-order valence-corrected chi connectivity index (χ3v) is 4.19. The summed E-state index contributed by atoms with van der Waals surface area (Å²) in [6.07, 6.45) is 3.62. The molecule has 3 heteroatoms. The third-order valence-electron chi connectivity index (χ3n) is 3.96. The quantitative estimate of drug-likeness (QED) is 0.909. The van der Waals surface area contributed by atoms with Crippen molar-refractivity contribution in [2.45, 2.75) is 31.7 Å². The SMILES string of the molecule is O=C(Cc1cccc(Cl)c1)NC1CCCc2ccccc21. The molecule has 0 saturated heterocycles. The van der Waals surface area contributed by atoms with Gasteiger partial charge in [-0.2, -0.15) is 0 Å². The van der Waals surface area contributed by atoms with Crippen LogP contribution in [0.5, 0.6) is 0 Å². The molecular formula is C18H18ClNO. The van der Waals surface area contributed by atoms with Crippen molar-refractivity contribution in [2.24, 2.45) is 0 Å². The molecule has 1 unspecified atom stereocenters. The zero-order valence-corrected chi connectivity index (χ0v) is 12.6. The molecule has 21 heavy (non-hydrogen) atoms. The van der Waals surface area contributed by atoms with Gasteiger partial charge in [-0.1, -0.05) is 48.0 Å². The van der Waals surface area contributed by atoms with Gasteiger partial charge in [-0.25, -0.2) is 0 Å². The molecule has 2 aromatic carbocycles. The van der Waals surface area contributed by atoms with Crippen molar-refractivity contribution in [3.63, 3.8) is 0 Å². The Hall–Kier alpha value is -1.80. The molecule has 0 bridgehead atoms. The van der Waals surface area contributed by atoms with E-state index in [2.05, 4.69) is 23.5 Å². The van der Waals surface area contributed by atoms with Crippen molar-refractivity contribution < 1.29 is 4.79 Å². The van der Waals surface area contributed by atoms with Gasteiger partial charge in [0, 0.05) is 5.02 Å². The van der Waals surface area contributed by atoms with Gasteiger partial charge in [0.15, 0.2) is 0 Å². The summed E-state index contributed by atoms with van der Waals surface area (Å²) in [4.78, 5) is 12.2. The van der Waals surface area contributed by atoms with Gasteiger partial charge in [-0.05, 0) is 48.1 Å². The molecule has 2 nitrogen and oxygen atoms in total. The highest BCUT2D eigenvalue weighted by atomic mass is 35.5. The van der Waals surface area contributed by atoms with Gasteiger partial charge in [0.25, 0.3) is 0 Å². The molecule has 1 amide bonds. The van der Waals surface area contributed by atoms with Gasteiger partial charge >= 0.3 is 0 Å². The molecule has 2 aromatic rings. The fourth-order valence-corrected chi connectivity index (χ4v) is 3.19. The molecule has 1 aliphatic carbocycles. The molecule has 0 fully saturated rings. The summed E-state index contributed by atoms with van der Waals surface area (Å²) in [5, 5.41) is 3.83. The van der Waals surface area contributed by atoms with Crippen molar-refractivity contribution in [1.29, 1.82) is 0 Å². The van der Waals surface area contributed by atoms with Crippen molar-refractivity contribution in [2.75, 3.05) is 0 Å². The standard InChI is InChI=1S/C18H18ClNO/c19-15-8-3-5-13(11-15)12-18(21)20-17-10-4-7-14-6-1-2-9-16(14)17/h1-3,5-6,8-9,11,17H,4,7,10,12H2,(H,20,21). The predicted molar refractivity (Wildman–Crippen MR) is 85.4 cm³/mol. The highest BCUT2D eigenvalue weighted by molar-refractivity contribution is 6.30. The maximum Gasteiger partial charge on any atom is 0.224 e. The summed E-state index contributed by atoms with van der Waals surface area (Å²) < 4.78 is 0. The first-order chi connectivity index (χ1) is 10.2. The van der Waals surface area contributed by atoms with Gasteiger partial charge in [-0.3, -0.25) is 4.79 Å². The molecule has 1 aliphatic rings. The summed E-state index contributed by atoms with van der Waals surface area (Å²) in [5.74, 6) is 0.0546. The van der Waals surface area contributed by atoms with Crippen LogP contribution in [-0.4, -0.2) is 5.91 Å². The average Bonchev–Trinajstić information content (AvgIpc) is 2.47. The molecule has 108 valence electrons. The van der Waals surface area contributed by atoms with Crippen molar-refractivity contribution >= 4 is 17.5 Å². The van der Waals surface area contributed by atoms with Crippen molar-refractivity contribution in [3.05, 3.63) is 70.2 Å². The third kappa shape index (κ3) is 3.45. The minimum Gasteiger partial charge on any atom is -0.349 e. The predicted octanol–water partition coefficient (Wildman–Crippen LogP) is 4.08. The molecule has 0 aliphatic heterocycles. The molecule has 1 N–H and O–H groups in total. The van der Waals surface area contributed by atoms with Gasteiger partial charge in [0.1, 0.15) is 0 Å². The van der Waals surface area contributed by atoms with E-state index in [9.17, 15) is 4.79 Å². The molecule has 1 atom stereocenters. The van der Waals surface area contributed by atoms with E-state index in [-0.39, 0.29) is 11.9 Å². The van der Waals surface area contributed by atoms with E-state index in [0.29, 0.717) is 11.4 Å². The second kappa shape index (κ2) is 6.31. The number of amides is 1. The Morgan fingerprint density at radius 2 is 2.05 bits per heavy atom. The lowest BCUT2D eigenvalue weighted by atomic mass is 9.87. The van der Waals surface area contributed by atoms with E-state index < -0.39 is 0 Å². The number of rotatable bonds is 3. The number of hydrogen-bond acceptors (Lipinski definition) is 1. The van der Waals surface area contributed by atoms with Crippen molar-refractivity contribution in [1.82, 2.24) is 5.32 Å². The van der Waals surface area contributed by atoms with Crippen LogP contribution in [0.15, 0.2) is 48.5 Å². The van der Waals surface area contributed by atoms with Gasteiger partial charge in [-0.15, -0.1) is 0 Å². The van der Waals surface area contributed by atoms with Crippen LogP contribution in [0.2, 0.25) is 5.02 Å². The normalized spacial score (nSPS) is 17.1. The smallest absolute Gasteiger partial charge is 0.224 e. The molecule has 0 heterocycles. The average molecular weight is 300 g/mol. The Kier molecular flexibility index (Phi) is 4.26. The van der Waals surface area contributed by atoms with E-state index in [1.54, 1.807) is 0 Å². The Morgan fingerprint density at radius 3 is 2.90 bits per heavy atom.